The molecular weight excluding hydrogens is 350 g/mol. The number of carbonyl (C=O) groups excluding carboxylic acids is 1. The SMILES string of the molecule is C=CC1CN(Cc2ccccc2)C(=O)/C1=C(\Br)c1ccccc1. The van der Waals surface area contributed by atoms with E-state index >= 15 is 0 Å². The first kappa shape index (κ1) is 15.8. The van der Waals surface area contributed by atoms with Crippen LogP contribution in [-0.2, 0) is 11.3 Å². The largest absolute Gasteiger partial charge is 0.334 e. The zero-order valence-corrected chi connectivity index (χ0v) is 14.4. The van der Waals surface area contributed by atoms with Gasteiger partial charge >= 0.3 is 0 Å². The summed E-state index contributed by atoms with van der Waals surface area (Å²) in [5.74, 6) is 0.121. The lowest BCUT2D eigenvalue weighted by Crippen LogP contribution is -2.24. The minimum atomic E-state index is 0.0424. The molecule has 1 aliphatic rings. The van der Waals surface area contributed by atoms with Gasteiger partial charge in [0.2, 0.25) is 0 Å². The van der Waals surface area contributed by atoms with E-state index in [0.717, 1.165) is 21.2 Å². The maximum atomic E-state index is 12.9. The molecule has 116 valence electrons. The van der Waals surface area contributed by atoms with Crippen molar-refractivity contribution in [3.8, 4) is 0 Å². The Bertz CT molecular complexity index is 737. The first-order chi connectivity index (χ1) is 11.2. The van der Waals surface area contributed by atoms with Crippen LogP contribution in [0.3, 0.4) is 0 Å². The molecule has 0 bridgehead atoms. The van der Waals surface area contributed by atoms with E-state index in [4.69, 9.17) is 0 Å². The quantitative estimate of drug-likeness (QED) is 0.569. The molecule has 1 amide bonds. The van der Waals surface area contributed by atoms with Gasteiger partial charge in [0.15, 0.2) is 0 Å². The molecule has 0 N–H and O–H groups in total. The van der Waals surface area contributed by atoms with Crippen molar-refractivity contribution in [3.63, 3.8) is 0 Å². The lowest BCUT2D eigenvalue weighted by molar-refractivity contribution is -0.125. The fraction of sp³-hybridized carbons (Fsp3) is 0.150. The van der Waals surface area contributed by atoms with Crippen molar-refractivity contribution in [1.29, 1.82) is 0 Å². The molecule has 1 atom stereocenters. The molecule has 0 aromatic heterocycles. The fourth-order valence-corrected chi connectivity index (χ4v) is 3.60. The Kier molecular flexibility index (Phi) is 4.77. The second-order valence-electron chi connectivity index (χ2n) is 5.61. The summed E-state index contributed by atoms with van der Waals surface area (Å²) in [5, 5.41) is 0. The zero-order chi connectivity index (χ0) is 16.2. The second-order valence-corrected chi connectivity index (χ2v) is 6.40. The molecule has 2 nitrogen and oxygen atoms in total. The van der Waals surface area contributed by atoms with Crippen LogP contribution in [0.2, 0.25) is 0 Å². The summed E-state index contributed by atoms with van der Waals surface area (Å²) >= 11 is 3.63. The summed E-state index contributed by atoms with van der Waals surface area (Å²) in [7, 11) is 0. The van der Waals surface area contributed by atoms with Crippen LogP contribution in [-0.4, -0.2) is 17.4 Å². The molecule has 3 heteroatoms. The smallest absolute Gasteiger partial charge is 0.251 e. The third-order valence-electron chi connectivity index (χ3n) is 4.07. The molecule has 2 aromatic carbocycles. The molecule has 1 fully saturated rings. The molecule has 1 unspecified atom stereocenters. The van der Waals surface area contributed by atoms with E-state index in [-0.39, 0.29) is 11.8 Å². The van der Waals surface area contributed by atoms with Crippen LogP contribution >= 0.6 is 15.9 Å². The lowest BCUT2D eigenvalue weighted by Gasteiger charge is -2.15. The Labute approximate surface area is 145 Å². The summed E-state index contributed by atoms with van der Waals surface area (Å²) in [6.45, 7) is 5.21. The van der Waals surface area contributed by atoms with Gasteiger partial charge in [0, 0.05) is 29.1 Å². The van der Waals surface area contributed by atoms with Crippen molar-refractivity contribution in [1.82, 2.24) is 4.90 Å². The minimum absolute atomic E-state index is 0.0424. The van der Waals surface area contributed by atoms with Crippen LogP contribution in [0.25, 0.3) is 4.48 Å². The van der Waals surface area contributed by atoms with Gasteiger partial charge in [-0.2, -0.15) is 0 Å². The summed E-state index contributed by atoms with van der Waals surface area (Å²) in [6, 6.07) is 20.0. The average molecular weight is 368 g/mol. The lowest BCUT2D eigenvalue weighted by atomic mass is 10.00. The van der Waals surface area contributed by atoms with E-state index in [9.17, 15) is 4.79 Å². The van der Waals surface area contributed by atoms with Gasteiger partial charge in [0.1, 0.15) is 0 Å². The summed E-state index contributed by atoms with van der Waals surface area (Å²) in [6.07, 6.45) is 1.86. The van der Waals surface area contributed by atoms with Gasteiger partial charge in [-0.3, -0.25) is 4.79 Å². The molecule has 0 spiro atoms. The topological polar surface area (TPSA) is 20.3 Å². The third kappa shape index (κ3) is 3.30. The number of nitrogens with zero attached hydrogens (tertiary/aromatic N) is 1. The van der Waals surface area contributed by atoms with Gasteiger partial charge in [0.25, 0.3) is 5.91 Å². The number of hydrogen-bond acceptors (Lipinski definition) is 1. The van der Waals surface area contributed by atoms with Crippen LogP contribution in [0.15, 0.2) is 78.9 Å². The maximum Gasteiger partial charge on any atom is 0.251 e. The van der Waals surface area contributed by atoms with E-state index in [1.807, 2.05) is 71.6 Å². The van der Waals surface area contributed by atoms with Gasteiger partial charge in [-0.05, 0) is 27.1 Å². The van der Waals surface area contributed by atoms with Crippen LogP contribution in [0.4, 0.5) is 0 Å². The molecular formula is C20H18BrNO. The zero-order valence-electron chi connectivity index (χ0n) is 12.8. The number of rotatable bonds is 4. The van der Waals surface area contributed by atoms with Gasteiger partial charge in [-0.1, -0.05) is 66.7 Å². The van der Waals surface area contributed by atoms with Gasteiger partial charge in [0.05, 0.1) is 0 Å². The Morgan fingerprint density at radius 1 is 1.13 bits per heavy atom. The predicted molar refractivity (Wildman–Crippen MR) is 97.8 cm³/mol. The molecule has 0 radical (unpaired) electrons. The summed E-state index contributed by atoms with van der Waals surface area (Å²) in [5.41, 5.74) is 2.95. The molecule has 0 aliphatic carbocycles. The highest BCUT2D eigenvalue weighted by Crippen LogP contribution is 2.36. The molecule has 0 saturated carbocycles. The van der Waals surface area contributed by atoms with Crippen molar-refractivity contribution in [2.24, 2.45) is 5.92 Å². The minimum Gasteiger partial charge on any atom is -0.334 e. The highest BCUT2D eigenvalue weighted by atomic mass is 79.9. The molecule has 3 rings (SSSR count). The van der Waals surface area contributed by atoms with Crippen LogP contribution in [0.5, 0.6) is 0 Å². The molecule has 1 heterocycles. The maximum absolute atomic E-state index is 12.9. The number of amides is 1. The second kappa shape index (κ2) is 6.97. The van der Waals surface area contributed by atoms with Gasteiger partial charge in [-0.15, -0.1) is 6.58 Å². The molecule has 1 aliphatic heterocycles. The average Bonchev–Trinajstić information content (AvgIpc) is 2.92. The van der Waals surface area contributed by atoms with E-state index in [2.05, 4.69) is 22.5 Å². The molecule has 1 saturated heterocycles. The van der Waals surface area contributed by atoms with Crippen LogP contribution in [0, 0.1) is 5.92 Å². The van der Waals surface area contributed by atoms with Gasteiger partial charge < -0.3 is 4.90 Å². The molecule has 23 heavy (non-hydrogen) atoms. The highest BCUT2D eigenvalue weighted by Gasteiger charge is 2.35. The normalized spacial score (nSPS) is 19.8. The standard InChI is InChI=1S/C20H18BrNO/c1-2-16-14-22(13-15-9-5-3-6-10-15)20(23)18(16)19(21)17-11-7-4-8-12-17/h2-12,16H,1,13-14H2/b19-18-. The van der Waals surface area contributed by atoms with E-state index in [1.165, 1.54) is 0 Å². The van der Waals surface area contributed by atoms with Crippen LogP contribution in [0.1, 0.15) is 11.1 Å². The summed E-state index contributed by atoms with van der Waals surface area (Å²) in [4.78, 5) is 14.8. The van der Waals surface area contributed by atoms with Crippen LogP contribution < -0.4 is 0 Å². The monoisotopic (exact) mass is 367 g/mol. The number of likely N-dealkylation sites (tertiary alicyclic amines) is 1. The Morgan fingerprint density at radius 2 is 1.74 bits per heavy atom. The van der Waals surface area contributed by atoms with Crippen molar-refractivity contribution < 1.29 is 4.79 Å². The third-order valence-corrected chi connectivity index (χ3v) is 4.95. The van der Waals surface area contributed by atoms with Crippen molar-refractivity contribution in [2.75, 3.05) is 6.54 Å². The number of hydrogen-bond donors (Lipinski definition) is 0. The highest BCUT2D eigenvalue weighted by molar-refractivity contribution is 9.15. The van der Waals surface area contributed by atoms with E-state index in [1.54, 1.807) is 0 Å². The first-order valence-corrected chi connectivity index (χ1v) is 8.41. The van der Waals surface area contributed by atoms with Crippen molar-refractivity contribution in [2.45, 2.75) is 6.54 Å². The predicted octanol–water partition coefficient (Wildman–Crippen LogP) is 4.64. The number of carbonyl (C=O) groups is 1. The first-order valence-electron chi connectivity index (χ1n) is 7.61. The number of halogens is 1. The number of benzene rings is 2. The van der Waals surface area contributed by atoms with Gasteiger partial charge in [-0.25, -0.2) is 0 Å². The van der Waals surface area contributed by atoms with E-state index < -0.39 is 0 Å². The Balaban J connectivity index is 1.92. The Morgan fingerprint density at radius 3 is 2.35 bits per heavy atom. The summed E-state index contributed by atoms with van der Waals surface area (Å²) < 4.78 is 0.864. The Hall–Kier alpha value is -2.13. The van der Waals surface area contributed by atoms with E-state index in [0.29, 0.717) is 13.1 Å². The molecule has 2 aromatic rings. The fourth-order valence-electron chi connectivity index (χ4n) is 2.87. The van der Waals surface area contributed by atoms with Crippen molar-refractivity contribution >= 4 is 26.3 Å². The van der Waals surface area contributed by atoms with Crippen molar-refractivity contribution in [3.05, 3.63) is 90.0 Å².